The van der Waals surface area contributed by atoms with Crippen molar-refractivity contribution < 1.29 is 13.9 Å². The van der Waals surface area contributed by atoms with Crippen molar-refractivity contribution in [3.05, 3.63) is 34.9 Å². The summed E-state index contributed by atoms with van der Waals surface area (Å²) in [7, 11) is 0. The Morgan fingerprint density at radius 3 is 2.00 bits per heavy atom. The summed E-state index contributed by atoms with van der Waals surface area (Å²) < 4.78 is 26.6. The van der Waals surface area contributed by atoms with Gasteiger partial charge in [-0.2, -0.15) is 0 Å². The van der Waals surface area contributed by atoms with Gasteiger partial charge in [-0.1, -0.05) is 13.8 Å². The number of benzene rings is 1. The van der Waals surface area contributed by atoms with Crippen molar-refractivity contribution in [2.45, 2.75) is 26.7 Å². The Labute approximate surface area is 88.7 Å². The lowest BCUT2D eigenvalue weighted by Crippen LogP contribution is -2.12. The molecule has 1 atom stereocenters. The number of aliphatic hydroxyl groups excluding tert-OH is 1. The van der Waals surface area contributed by atoms with E-state index in [2.05, 4.69) is 0 Å². The van der Waals surface area contributed by atoms with Gasteiger partial charge in [-0.25, -0.2) is 8.78 Å². The zero-order valence-corrected chi connectivity index (χ0v) is 9.22. The van der Waals surface area contributed by atoms with Crippen LogP contribution in [0.4, 0.5) is 8.78 Å². The molecule has 1 nitrogen and oxygen atoms in total. The maximum Gasteiger partial charge on any atom is 0.129 e. The summed E-state index contributed by atoms with van der Waals surface area (Å²) in [5.74, 6) is -1.17. The maximum atomic E-state index is 13.3. The standard InChI is InChI=1S/C12H16F2O/c1-7(2)10(6-15)9-4-11(13)8(3)12(14)5-9/h4-5,7,10,15H,6H2,1-3H3. The van der Waals surface area contributed by atoms with Gasteiger partial charge in [-0.3, -0.25) is 0 Å². The van der Waals surface area contributed by atoms with Crippen LogP contribution in [0.25, 0.3) is 0 Å². The Hall–Kier alpha value is -0.960. The van der Waals surface area contributed by atoms with Crippen molar-refractivity contribution in [2.75, 3.05) is 6.61 Å². The Bertz CT molecular complexity index is 324. The summed E-state index contributed by atoms with van der Waals surface area (Å²) in [4.78, 5) is 0. The van der Waals surface area contributed by atoms with Gasteiger partial charge >= 0.3 is 0 Å². The van der Waals surface area contributed by atoms with Gasteiger partial charge in [0.2, 0.25) is 0 Å². The molecule has 84 valence electrons. The molecule has 1 aromatic rings. The molecule has 0 aliphatic heterocycles. The molecule has 0 spiro atoms. The highest BCUT2D eigenvalue weighted by Crippen LogP contribution is 2.26. The highest BCUT2D eigenvalue weighted by atomic mass is 19.1. The van der Waals surface area contributed by atoms with Crippen LogP contribution in [-0.4, -0.2) is 11.7 Å². The lowest BCUT2D eigenvalue weighted by atomic mass is 9.88. The van der Waals surface area contributed by atoms with Crippen molar-refractivity contribution in [1.82, 2.24) is 0 Å². The summed E-state index contributed by atoms with van der Waals surface area (Å²) in [5.41, 5.74) is 0.548. The number of aliphatic hydroxyl groups is 1. The monoisotopic (exact) mass is 214 g/mol. The molecular weight excluding hydrogens is 198 g/mol. The van der Waals surface area contributed by atoms with Crippen LogP contribution in [0, 0.1) is 24.5 Å². The molecule has 1 aromatic carbocycles. The minimum Gasteiger partial charge on any atom is -0.396 e. The molecule has 0 aliphatic carbocycles. The molecule has 0 aliphatic rings. The van der Waals surface area contributed by atoms with E-state index in [1.54, 1.807) is 0 Å². The van der Waals surface area contributed by atoms with Gasteiger partial charge < -0.3 is 5.11 Å². The molecule has 1 rings (SSSR count). The van der Waals surface area contributed by atoms with E-state index in [-0.39, 0.29) is 24.0 Å². The van der Waals surface area contributed by atoms with Crippen molar-refractivity contribution >= 4 is 0 Å². The van der Waals surface area contributed by atoms with E-state index in [1.807, 2.05) is 13.8 Å². The first-order chi connectivity index (χ1) is 6.97. The van der Waals surface area contributed by atoms with E-state index >= 15 is 0 Å². The van der Waals surface area contributed by atoms with Gasteiger partial charge in [-0.15, -0.1) is 0 Å². The first-order valence-corrected chi connectivity index (χ1v) is 5.03. The first kappa shape index (κ1) is 12.1. The Kier molecular flexibility index (Phi) is 3.80. The molecule has 15 heavy (non-hydrogen) atoms. The largest absolute Gasteiger partial charge is 0.396 e. The third kappa shape index (κ3) is 2.53. The second-order valence-electron chi connectivity index (χ2n) is 4.14. The lowest BCUT2D eigenvalue weighted by molar-refractivity contribution is 0.237. The lowest BCUT2D eigenvalue weighted by Gasteiger charge is -2.19. The predicted octanol–water partition coefficient (Wildman–Crippen LogP) is 3.01. The fourth-order valence-electron chi connectivity index (χ4n) is 1.58. The smallest absolute Gasteiger partial charge is 0.129 e. The van der Waals surface area contributed by atoms with Gasteiger partial charge in [0, 0.05) is 11.5 Å². The number of hydrogen-bond donors (Lipinski definition) is 1. The maximum absolute atomic E-state index is 13.3. The van der Waals surface area contributed by atoms with Gasteiger partial charge in [0.15, 0.2) is 0 Å². The first-order valence-electron chi connectivity index (χ1n) is 5.03. The highest BCUT2D eigenvalue weighted by Gasteiger charge is 2.17. The molecule has 1 N–H and O–H groups in total. The molecule has 0 bridgehead atoms. The normalized spacial score (nSPS) is 13.3. The van der Waals surface area contributed by atoms with Crippen LogP contribution in [0.3, 0.4) is 0 Å². The summed E-state index contributed by atoms with van der Waals surface area (Å²) in [5, 5.41) is 9.16. The minimum atomic E-state index is -0.552. The number of rotatable bonds is 3. The SMILES string of the molecule is Cc1c(F)cc(C(CO)C(C)C)cc1F. The van der Waals surface area contributed by atoms with Crippen LogP contribution >= 0.6 is 0 Å². The minimum absolute atomic E-state index is 0.0270. The Balaban J connectivity index is 3.14. The zero-order valence-electron chi connectivity index (χ0n) is 9.22. The third-order valence-electron chi connectivity index (χ3n) is 2.73. The third-order valence-corrected chi connectivity index (χ3v) is 2.73. The van der Waals surface area contributed by atoms with Gasteiger partial charge in [-0.05, 0) is 30.5 Å². The van der Waals surface area contributed by atoms with Crippen molar-refractivity contribution in [3.8, 4) is 0 Å². The molecule has 0 saturated heterocycles. The van der Waals surface area contributed by atoms with E-state index in [1.165, 1.54) is 19.1 Å². The van der Waals surface area contributed by atoms with E-state index in [9.17, 15) is 8.78 Å². The van der Waals surface area contributed by atoms with Crippen LogP contribution in [0.2, 0.25) is 0 Å². The molecule has 1 unspecified atom stereocenters. The number of hydrogen-bond acceptors (Lipinski definition) is 1. The summed E-state index contributed by atoms with van der Waals surface area (Å²) in [6.07, 6.45) is 0. The second kappa shape index (κ2) is 4.71. The molecule has 0 fully saturated rings. The average molecular weight is 214 g/mol. The zero-order chi connectivity index (χ0) is 11.6. The summed E-state index contributed by atoms with van der Waals surface area (Å²) in [6.45, 7) is 5.13. The molecule has 0 aromatic heterocycles. The van der Waals surface area contributed by atoms with Gasteiger partial charge in [0.05, 0.1) is 6.61 Å². The summed E-state index contributed by atoms with van der Waals surface area (Å²) >= 11 is 0. The van der Waals surface area contributed by atoms with Gasteiger partial charge in [0.25, 0.3) is 0 Å². The molecular formula is C12H16F2O. The van der Waals surface area contributed by atoms with Crippen molar-refractivity contribution in [3.63, 3.8) is 0 Å². The van der Waals surface area contributed by atoms with E-state index in [0.29, 0.717) is 5.56 Å². The van der Waals surface area contributed by atoms with Crippen LogP contribution in [0.15, 0.2) is 12.1 Å². The number of halogens is 2. The fraction of sp³-hybridized carbons (Fsp3) is 0.500. The molecule has 0 saturated carbocycles. The molecule has 3 heteroatoms. The second-order valence-corrected chi connectivity index (χ2v) is 4.14. The van der Waals surface area contributed by atoms with Crippen LogP contribution < -0.4 is 0 Å². The quantitative estimate of drug-likeness (QED) is 0.820. The van der Waals surface area contributed by atoms with Crippen LogP contribution in [0.1, 0.15) is 30.9 Å². The van der Waals surface area contributed by atoms with E-state index < -0.39 is 11.6 Å². The van der Waals surface area contributed by atoms with Gasteiger partial charge in [0.1, 0.15) is 11.6 Å². The molecule has 0 amide bonds. The molecule has 0 heterocycles. The predicted molar refractivity (Wildman–Crippen MR) is 55.8 cm³/mol. The van der Waals surface area contributed by atoms with E-state index in [4.69, 9.17) is 5.11 Å². The molecule has 0 radical (unpaired) electrons. The average Bonchev–Trinajstić information content (AvgIpc) is 2.14. The summed E-state index contributed by atoms with van der Waals surface area (Å²) in [6, 6.07) is 2.61. The fourth-order valence-corrected chi connectivity index (χ4v) is 1.58. The Morgan fingerprint density at radius 2 is 1.67 bits per heavy atom. The van der Waals surface area contributed by atoms with Crippen molar-refractivity contribution in [2.24, 2.45) is 5.92 Å². The topological polar surface area (TPSA) is 20.2 Å². The Morgan fingerprint density at radius 1 is 1.20 bits per heavy atom. The highest BCUT2D eigenvalue weighted by molar-refractivity contribution is 5.28. The van der Waals surface area contributed by atoms with E-state index in [0.717, 1.165) is 0 Å². The van der Waals surface area contributed by atoms with Crippen molar-refractivity contribution in [1.29, 1.82) is 0 Å². The van der Waals surface area contributed by atoms with Crippen LogP contribution in [-0.2, 0) is 0 Å². The van der Waals surface area contributed by atoms with Crippen LogP contribution in [0.5, 0.6) is 0 Å².